The first-order valence-electron chi connectivity index (χ1n) is 5.21. The minimum absolute atomic E-state index is 0.155. The molecule has 0 spiro atoms. The van der Waals surface area contributed by atoms with Gasteiger partial charge in [-0.1, -0.05) is 6.07 Å². The van der Waals surface area contributed by atoms with Gasteiger partial charge in [0, 0.05) is 0 Å². The number of amides is 1. The number of nitrogens with two attached hydrogens (primary N) is 1. The first-order chi connectivity index (χ1) is 7.68. The van der Waals surface area contributed by atoms with Crippen molar-refractivity contribution in [2.75, 3.05) is 0 Å². The van der Waals surface area contributed by atoms with Gasteiger partial charge in [0.15, 0.2) is 0 Å². The number of benzene rings is 1. The maximum absolute atomic E-state index is 12.0. The molecule has 1 heterocycles. The van der Waals surface area contributed by atoms with Gasteiger partial charge in [0.25, 0.3) is 5.91 Å². The first kappa shape index (κ1) is 9.35. The molecule has 0 unspecified atom stereocenters. The van der Waals surface area contributed by atoms with Crippen molar-refractivity contribution < 1.29 is 4.79 Å². The van der Waals surface area contributed by atoms with E-state index in [1.165, 1.54) is 0 Å². The first-order valence-corrected chi connectivity index (χ1v) is 5.21. The number of fused-ring (bicyclic) bond motifs is 1. The number of carbonyl (C=O) groups excluding carboxylic acids is 1. The van der Waals surface area contributed by atoms with Crippen LogP contribution in [0.25, 0.3) is 11.0 Å². The number of hydrogen-bond donors (Lipinski definition) is 3. The van der Waals surface area contributed by atoms with E-state index in [2.05, 4.69) is 15.3 Å². The van der Waals surface area contributed by atoms with Gasteiger partial charge in [-0.25, -0.2) is 4.98 Å². The fourth-order valence-electron chi connectivity index (χ4n) is 1.70. The van der Waals surface area contributed by atoms with E-state index in [0.29, 0.717) is 11.1 Å². The van der Waals surface area contributed by atoms with E-state index >= 15 is 0 Å². The van der Waals surface area contributed by atoms with E-state index in [4.69, 9.17) is 5.73 Å². The Kier molecular flexibility index (Phi) is 1.79. The summed E-state index contributed by atoms with van der Waals surface area (Å²) in [6.07, 6.45) is 3.27. The number of nitrogens with one attached hydrogen (secondary N) is 2. The quantitative estimate of drug-likeness (QED) is 0.647. The molecule has 0 radical (unpaired) electrons. The van der Waals surface area contributed by atoms with Gasteiger partial charge in [0.05, 0.1) is 23.1 Å². The minimum Gasteiger partial charge on any atom is -0.345 e. The second-order valence-electron chi connectivity index (χ2n) is 4.21. The number of nitrogens with zero attached hydrogens (tertiary/aromatic N) is 1. The average molecular weight is 216 g/mol. The Morgan fingerprint density at radius 3 is 3.06 bits per heavy atom. The van der Waals surface area contributed by atoms with Gasteiger partial charge in [-0.3, -0.25) is 4.79 Å². The molecule has 0 bridgehead atoms. The molecule has 5 heteroatoms. The molecule has 3 rings (SSSR count). The van der Waals surface area contributed by atoms with Crippen molar-refractivity contribution in [3.05, 3.63) is 30.1 Å². The average Bonchev–Trinajstić information content (AvgIpc) is 2.81. The summed E-state index contributed by atoms with van der Waals surface area (Å²) in [7, 11) is 0. The molecule has 1 saturated carbocycles. The molecule has 1 amide bonds. The summed E-state index contributed by atoms with van der Waals surface area (Å²) in [6.45, 7) is 0. The number of rotatable bonds is 2. The zero-order chi connectivity index (χ0) is 11.2. The van der Waals surface area contributed by atoms with E-state index in [1.54, 1.807) is 12.4 Å². The van der Waals surface area contributed by atoms with Gasteiger partial charge in [0.1, 0.15) is 5.52 Å². The zero-order valence-corrected chi connectivity index (χ0v) is 8.66. The lowest BCUT2D eigenvalue weighted by molar-refractivity contribution is 0.0934. The lowest BCUT2D eigenvalue weighted by Gasteiger charge is -2.11. The molecule has 0 aliphatic heterocycles. The number of carbonyl (C=O) groups is 1. The van der Waals surface area contributed by atoms with Crippen LogP contribution in [0.5, 0.6) is 0 Å². The fourth-order valence-corrected chi connectivity index (χ4v) is 1.70. The summed E-state index contributed by atoms with van der Waals surface area (Å²) in [5.41, 5.74) is 7.46. The standard InChI is InChI=1S/C11H12N4O/c12-11(4-5-11)15-10(16)7-2-1-3-8-9(7)14-6-13-8/h1-3,6H,4-5,12H2,(H,13,14)(H,15,16). The van der Waals surface area contributed by atoms with Gasteiger partial charge in [-0.15, -0.1) is 0 Å². The van der Waals surface area contributed by atoms with Crippen molar-refractivity contribution in [3.8, 4) is 0 Å². The number of para-hydroxylation sites is 1. The predicted octanol–water partition coefficient (Wildman–Crippen LogP) is 0.741. The Morgan fingerprint density at radius 2 is 2.31 bits per heavy atom. The van der Waals surface area contributed by atoms with E-state index in [0.717, 1.165) is 18.4 Å². The lowest BCUT2D eigenvalue weighted by atomic mass is 10.1. The molecule has 1 fully saturated rings. The van der Waals surface area contributed by atoms with Crippen molar-refractivity contribution in [3.63, 3.8) is 0 Å². The highest BCUT2D eigenvalue weighted by Gasteiger charge is 2.40. The smallest absolute Gasteiger partial charge is 0.254 e. The summed E-state index contributed by atoms with van der Waals surface area (Å²) in [5.74, 6) is -0.155. The van der Waals surface area contributed by atoms with Crippen LogP contribution in [0.2, 0.25) is 0 Å². The van der Waals surface area contributed by atoms with Crippen LogP contribution in [0, 0.1) is 0 Å². The number of aromatic amines is 1. The van der Waals surface area contributed by atoms with Gasteiger partial charge in [-0.2, -0.15) is 0 Å². The third-order valence-corrected chi connectivity index (χ3v) is 2.85. The van der Waals surface area contributed by atoms with Gasteiger partial charge in [-0.05, 0) is 25.0 Å². The summed E-state index contributed by atoms with van der Waals surface area (Å²) in [6, 6.07) is 5.46. The molecule has 1 aliphatic carbocycles. The van der Waals surface area contributed by atoms with E-state index in [1.807, 2.05) is 12.1 Å². The second kappa shape index (κ2) is 3.05. The van der Waals surface area contributed by atoms with Crippen LogP contribution in [0.4, 0.5) is 0 Å². The number of hydrogen-bond acceptors (Lipinski definition) is 3. The normalized spacial score (nSPS) is 17.3. The van der Waals surface area contributed by atoms with Crippen molar-refractivity contribution >= 4 is 16.9 Å². The maximum Gasteiger partial charge on any atom is 0.254 e. The highest BCUT2D eigenvalue weighted by Crippen LogP contribution is 2.29. The summed E-state index contributed by atoms with van der Waals surface area (Å²) >= 11 is 0. The molecule has 0 atom stereocenters. The largest absolute Gasteiger partial charge is 0.345 e. The van der Waals surface area contributed by atoms with E-state index in [-0.39, 0.29) is 5.91 Å². The molecule has 16 heavy (non-hydrogen) atoms. The monoisotopic (exact) mass is 216 g/mol. The summed E-state index contributed by atoms with van der Waals surface area (Å²) in [5, 5.41) is 2.81. The predicted molar refractivity (Wildman–Crippen MR) is 59.7 cm³/mol. The maximum atomic E-state index is 12.0. The SMILES string of the molecule is NC1(NC(=O)c2cccc3[nH]cnc23)CC1. The van der Waals surface area contributed by atoms with Crippen molar-refractivity contribution in [2.45, 2.75) is 18.5 Å². The number of imidazole rings is 1. The van der Waals surface area contributed by atoms with E-state index < -0.39 is 5.66 Å². The van der Waals surface area contributed by atoms with Crippen molar-refractivity contribution in [2.24, 2.45) is 5.73 Å². The minimum atomic E-state index is -0.491. The molecular weight excluding hydrogens is 204 g/mol. The third kappa shape index (κ3) is 1.45. The highest BCUT2D eigenvalue weighted by molar-refractivity contribution is 6.05. The van der Waals surface area contributed by atoms with Crippen LogP contribution in [-0.2, 0) is 0 Å². The Hall–Kier alpha value is -1.88. The van der Waals surface area contributed by atoms with Crippen LogP contribution >= 0.6 is 0 Å². The molecule has 82 valence electrons. The Morgan fingerprint density at radius 1 is 1.50 bits per heavy atom. The second-order valence-corrected chi connectivity index (χ2v) is 4.21. The third-order valence-electron chi connectivity index (χ3n) is 2.85. The van der Waals surface area contributed by atoms with Crippen LogP contribution < -0.4 is 11.1 Å². The van der Waals surface area contributed by atoms with Gasteiger partial charge in [0.2, 0.25) is 0 Å². The topological polar surface area (TPSA) is 83.8 Å². The zero-order valence-electron chi connectivity index (χ0n) is 8.66. The number of aromatic nitrogens is 2. The fraction of sp³-hybridized carbons (Fsp3) is 0.273. The molecular formula is C11H12N4O. The van der Waals surface area contributed by atoms with Gasteiger partial charge >= 0.3 is 0 Å². The van der Waals surface area contributed by atoms with Crippen LogP contribution in [0.3, 0.4) is 0 Å². The summed E-state index contributed by atoms with van der Waals surface area (Å²) in [4.78, 5) is 19.1. The van der Waals surface area contributed by atoms with Crippen molar-refractivity contribution in [1.82, 2.24) is 15.3 Å². The molecule has 1 aliphatic rings. The van der Waals surface area contributed by atoms with Crippen LogP contribution in [0.1, 0.15) is 23.2 Å². The van der Waals surface area contributed by atoms with E-state index in [9.17, 15) is 4.79 Å². The van der Waals surface area contributed by atoms with Crippen molar-refractivity contribution in [1.29, 1.82) is 0 Å². The summed E-state index contributed by atoms with van der Waals surface area (Å²) < 4.78 is 0. The Bertz CT molecular complexity index is 556. The lowest BCUT2D eigenvalue weighted by Crippen LogP contribution is -2.43. The van der Waals surface area contributed by atoms with Crippen LogP contribution in [-0.4, -0.2) is 21.5 Å². The molecule has 5 nitrogen and oxygen atoms in total. The molecule has 1 aromatic carbocycles. The Balaban J connectivity index is 1.98. The molecule has 2 aromatic rings. The molecule has 0 saturated heterocycles. The van der Waals surface area contributed by atoms with Crippen LogP contribution in [0.15, 0.2) is 24.5 Å². The Labute approximate surface area is 92.0 Å². The van der Waals surface area contributed by atoms with Gasteiger partial charge < -0.3 is 16.0 Å². The molecule has 1 aromatic heterocycles. The number of H-pyrrole nitrogens is 1. The highest BCUT2D eigenvalue weighted by atomic mass is 16.2. The molecule has 4 N–H and O–H groups in total.